The molecule has 1 aliphatic heterocycles. The lowest BCUT2D eigenvalue weighted by atomic mass is 10.1. The van der Waals surface area contributed by atoms with Crippen molar-refractivity contribution in [2.75, 3.05) is 23.3 Å². The van der Waals surface area contributed by atoms with Crippen LogP contribution < -0.4 is 10.2 Å². The minimum atomic E-state index is -0.508. The van der Waals surface area contributed by atoms with Crippen molar-refractivity contribution in [2.45, 2.75) is 19.3 Å². The Morgan fingerprint density at radius 2 is 1.74 bits per heavy atom. The highest BCUT2D eigenvalue weighted by molar-refractivity contribution is 9.10. The van der Waals surface area contributed by atoms with Gasteiger partial charge >= 0.3 is 0 Å². The average molecular weight is 429 g/mol. The van der Waals surface area contributed by atoms with Crippen molar-refractivity contribution in [3.63, 3.8) is 0 Å². The van der Waals surface area contributed by atoms with Gasteiger partial charge in [-0.05, 0) is 49.6 Å². The minimum Gasteiger partial charge on any atom is -0.355 e. The van der Waals surface area contributed by atoms with Gasteiger partial charge in [0.25, 0.3) is 5.91 Å². The van der Waals surface area contributed by atoms with Crippen molar-refractivity contribution < 1.29 is 9.18 Å². The molecule has 0 unspecified atom stereocenters. The summed E-state index contributed by atoms with van der Waals surface area (Å²) in [6.45, 7) is 1.67. The van der Waals surface area contributed by atoms with Crippen molar-refractivity contribution in [1.82, 2.24) is 9.97 Å². The van der Waals surface area contributed by atoms with Crippen LogP contribution in [-0.2, 0) is 0 Å². The molecular weight excluding hydrogens is 411 g/mol. The van der Waals surface area contributed by atoms with Gasteiger partial charge in [-0.3, -0.25) is 4.79 Å². The number of amides is 1. The Labute approximate surface area is 164 Å². The van der Waals surface area contributed by atoms with Crippen LogP contribution in [0.15, 0.2) is 46.9 Å². The highest BCUT2D eigenvalue weighted by Crippen LogP contribution is 2.26. The van der Waals surface area contributed by atoms with Crippen LogP contribution in [0.4, 0.5) is 15.9 Å². The fraction of sp³-hybridized carbons (Fsp3) is 0.250. The molecule has 1 amide bonds. The molecule has 5 nitrogen and oxygen atoms in total. The van der Waals surface area contributed by atoms with E-state index < -0.39 is 11.7 Å². The number of benzene rings is 2. The Kier molecular flexibility index (Phi) is 5.03. The number of hydrogen-bond donors (Lipinski definition) is 1. The van der Waals surface area contributed by atoms with Gasteiger partial charge in [-0.15, -0.1) is 0 Å². The summed E-state index contributed by atoms with van der Waals surface area (Å²) >= 11 is 3.22. The van der Waals surface area contributed by atoms with Gasteiger partial charge in [-0.25, -0.2) is 14.4 Å². The maximum Gasteiger partial charge on any atom is 0.278 e. The number of fused-ring (bicyclic) bond motifs is 1. The van der Waals surface area contributed by atoms with E-state index >= 15 is 0 Å². The number of carbonyl (C=O) groups excluding carboxylic acids is 1. The molecule has 0 saturated carbocycles. The molecule has 0 spiro atoms. The lowest BCUT2D eigenvalue weighted by Crippen LogP contribution is -2.33. The molecule has 0 radical (unpaired) electrons. The van der Waals surface area contributed by atoms with E-state index in [2.05, 4.69) is 31.1 Å². The Morgan fingerprint density at radius 3 is 2.44 bits per heavy atom. The largest absolute Gasteiger partial charge is 0.355 e. The van der Waals surface area contributed by atoms with E-state index in [1.165, 1.54) is 18.6 Å². The van der Waals surface area contributed by atoms with Crippen LogP contribution in [0.3, 0.4) is 0 Å². The normalized spacial score (nSPS) is 14.4. The number of carbonyl (C=O) groups is 1. The molecule has 2 aromatic carbocycles. The fourth-order valence-corrected chi connectivity index (χ4v) is 3.57. The molecule has 0 atom stereocenters. The van der Waals surface area contributed by atoms with Gasteiger partial charge in [-0.1, -0.05) is 28.1 Å². The first-order valence-corrected chi connectivity index (χ1v) is 9.69. The molecule has 1 saturated heterocycles. The fourth-order valence-electron chi connectivity index (χ4n) is 3.24. The number of nitrogens with zero attached hydrogens (tertiary/aromatic N) is 3. The highest BCUT2D eigenvalue weighted by Gasteiger charge is 2.23. The second-order valence-corrected chi connectivity index (χ2v) is 7.43. The third kappa shape index (κ3) is 3.78. The molecule has 4 rings (SSSR count). The van der Waals surface area contributed by atoms with E-state index in [4.69, 9.17) is 4.98 Å². The topological polar surface area (TPSA) is 58.1 Å². The molecule has 1 aliphatic rings. The number of hydrogen-bond acceptors (Lipinski definition) is 4. The highest BCUT2D eigenvalue weighted by atomic mass is 79.9. The third-order valence-electron chi connectivity index (χ3n) is 4.60. The molecule has 27 heavy (non-hydrogen) atoms. The summed E-state index contributed by atoms with van der Waals surface area (Å²) in [5.41, 5.74) is 1.71. The van der Waals surface area contributed by atoms with Crippen molar-refractivity contribution in [3.05, 3.63) is 58.4 Å². The first-order chi connectivity index (χ1) is 13.1. The van der Waals surface area contributed by atoms with E-state index in [0.717, 1.165) is 31.4 Å². The molecular formula is C20H18BrFN4O. The zero-order valence-corrected chi connectivity index (χ0v) is 16.2. The quantitative estimate of drug-likeness (QED) is 0.652. The van der Waals surface area contributed by atoms with Crippen molar-refractivity contribution in [2.24, 2.45) is 0 Å². The maximum atomic E-state index is 14.1. The second kappa shape index (κ2) is 7.60. The van der Waals surface area contributed by atoms with Gasteiger partial charge in [0.1, 0.15) is 5.82 Å². The van der Waals surface area contributed by atoms with Crippen LogP contribution >= 0.6 is 15.9 Å². The predicted octanol–water partition coefficient (Wildman–Crippen LogP) is 4.77. The van der Waals surface area contributed by atoms with Crippen molar-refractivity contribution in [1.29, 1.82) is 0 Å². The lowest BCUT2D eigenvalue weighted by Gasteiger charge is -2.29. The molecule has 2 heterocycles. The summed E-state index contributed by atoms with van der Waals surface area (Å²) < 4.78 is 14.8. The van der Waals surface area contributed by atoms with Crippen LogP contribution in [-0.4, -0.2) is 29.0 Å². The average Bonchev–Trinajstić information content (AvgIpc) is 2.69. The minimum absolute atomic E-state index is 0.114. The van der Waals surface area contributed by atoms with E-state index in [1.807, 2.05) is 24.3 Å². The standard InChI is InChI=1S/C20H18BrFN4O/c21-13-8-9-15(14(22)12-13)25-20(27)18-19(26-10-4-1-5-11-26)24-17-7-3-2-6-16(17)23-18/h2-3,6-9,12H,1,4-5,10-11H2,(H,25,27). The van der Waals surface area contributed by atoms with Crippen LogP contribution in [0.25, 0.3) is 11.0 Å². The monoisotopic (exact) mass is 428 g/mol. The third-order valence-corrected chi connectivity index (χ3v) is 5.10. The number of halogens is 2. The molecule has 0 aliphatic carbocycles. The van der Waals surface area contributed by atoms with Gasteiger partial charge < -0.3 is 10.2 Å². The first kappa shape index (κ1) is 17.9. The summed E-state index contributed by atoms with van der Waals surface area (Å²) in [7, 11) is 0. The number of rotatable bonds is 3. The van der Waals surface area contributed by atoms with Gasteiger partial charge in [0, 0.05) is 17.6 Å². The zero-order chi connectivity index (χ0) is 18.8. The summed E-state index contributed by atoms with van der Waals surface area (Å²) in [4.78, 5) is 24.3. The number of nitrogens with one attached hydrogen (secondary N) is 1. The predicted molar refractivity (Wildman–Crippen MR) is 108 cm³/mol. The van der Waals surface area contributed by atoms with Crippen LogP contribution in [0.5, 0.6) is 0 Å². The number of piperidine rings is 1. The number of aromatic nitrogens is 2. The molecule has 0 bridgehead atoms. The van der Waals surface area contributed by atoms with E-state index in [-0.39, 0.29) is 11.4 Å². The smallest absolute Gasteiger partial charge is 0.278 e. The Hall–Kier alpha value is -2.54. The molecule has 7 heteroatoms. The Bertz CT molecular complexity index is 1000. The SMILES string of the molecule is O=C(Nc1ccc(Br)cc1F)c1nc2ccccc2nc1N1CCCCC1. The van der Waals surface area contributed by atoms with Crippen molar-refractivity contribution in [3.8, 4) is 0 Å². The van der Waals surface area contributed by atoms with Crippen LogP contribution in [0.2, 0.25) is 0 Å². The van der Waals surface area contributed by atoms with Gasteiger partial charge in [0.05, 0.1) is 16.7 Å². The zero-order valence-electron chi connectivity index (χ0n) is 14.6. The van der Waals surface area contributed by atoms with E-state index in [1.54, 1.807) is 6.07 Å². The molecule has 138 valence electrons. The summed E-state index contributed by atoms with van der Waals surface area (Å²) in [6, 6.07) is 12.0. The molecule has 1 fully saturated rings. The van der Waals surface area contributed by atoms with Crippen LogP contribution in [0.1, 0.15) is 29.8 Å². The Morgan fingerprint density at radius 1 is 1.04 bits per heavy atom. The summed E-state index contributed by atoms with van der Waals surface area (Å²) in [6.07, 6.45) is 3.27. The van der Waals surface area contributed by atoms with Crippen molar-refractivity contribution >= 4 is 44.4 Å². The van der Waals surface area contributed by atoms with Crippen LogP contribution in [0, 0.1) is 5.82 Å². The Balaban J connectivity index is 1.74. The molecule has 3 aromatic rings. The summed E-state index contributed by atoms with van der Waals surface area (Å²) in [5.74, 6) is -0.413. The van der Waals surface area contributed by atoms with E-state index in [0.29, 0.717) is 15.8 Å². The van der Waals surface area contributed by atoms with Gasteiger partial charge in [-0.2, -0.15) is 0 Å². The number of para-hydroxylation sites is 2. The molecule has 1 aromatic heterocycles. The van der Waals surface area contributed by atoms with E-state index in [9.17, 15) is 9.18 Å². The lowest BCUT2D eigenvalue weighted by molar-refractivity contribution is 0.102. The van der Waals surface area contributed by atoms with Gasteiger partial charge in [0.2, 0.25) is 0 Å². The summed E-state index contributed by atoms with van der Waals surface area (Å²) in [5, 5.41) is 2.63. The van der Waals surface area contributed by atoms with Gasteiger partial charge in [0.15, 0.2) is 11.5 Å². The molecule has 1 N–H and O–H groups in total. The second-order valence-electron chi connectivity index (χ2n) is 6.51. The number of anilines is 2. The maximum absolute atomic E-state index is 14.1. The first-order valence-electron chi connectivity index (χ1n) is 8.90.